The highest BCUT2D eigenvalue weighted by molar-refractivity contribution is 8.76. The summed E-state index contributed by atoms with van der Waals surface area (Å²) >= 11 is 0.988. The standard InChI is InChI=1S/C88H121N19O28S3/c1-9-14-71(119)134-44-107(83(127)72(46(5)10-2)101-80(125)63-16-11-12-28-106(63)8)64(45(3)4)39-67(135-48(7)108)82-100-62(43-136-82)79(124)96-55(32-49-17-23-57(109)24-18-49)31-47(6)75(120)104-105-88(132)133-29-30-137-138-42-53(84(128)129)35-66(112)61(38-70(117)118)99-78(123)52(37-69(115)116)34-65(111)59(15-13-27-92-86(89)90)97-77(122)51(36-68(113)114)33-58(110)25-26-60(85(130)131)98-76(121)50-19-21-54(22-20-50)93-40-56-41-94-74-73(95-56)81(126)103-87(91)102-74/h17-24,41,43,45-47,51-53,55,59-61,63-64,67,72,93,109H,9-16,25-40,42,44H2,1-8H3,(H,96,124)(H,97,122)(H,98,121)(H,99,123)(H,101,125)(H,104,120)(H,105,132)(H,113,114)(H,115,116)(H,117,118)(H,128,129)(H,130,131)(H4,89,90,92)(H3,91,94,102,103,126)/t46?,47-,51-,52-,53+,55+,59-,60-,61+,63+,64+,67+,72-/m0/s1. The number of fused-ring (bicyclic) bond motifs is 1. The molecule has 5 aromatic rings. The van der Waals surface area contributed by atoms with Gasteiger partial charge in [0.25, 0.3) is 17.4 Å². The van der Waals surface area contributed by atoms with Gasteiger partial charge in [-0.15, -0.1) is 11.3 Å². The van der Waals surface area contributed by atoms with Crippen molar-refractivity contribution < 1.29 is 131 Å². The number of Topliss-reactive ketones (excluding diaryl/α,β-unsaturated/α-hetero) is 3. The van der Waals surface area contributed by atoms with Crippen LogP contribution in [-0.2, 0) is 99.1 Å². The topological polar surface area (TPSA) is 731 Å². The first-order chi connectivity index (χ1) is 65.3. The molecular weight excluding hydrogens is 1870 g/mol. The van der Waals surface area contributed by atoms with Crippen LogP contribution in [0.4, 0.5) is 16.4 Å². The van der Waals surface area contributed by atoms with Crippen LogP contribution in [0.15, 0.2) is 64.9 Å². The summed E-state index contributed by atoms with van der Waals surface area (Å²) < 4.78 is 16.8. The highest BCUT2D eigenvalue weighted by Crippen LogP contribution is 2.34. The van der Waals surface area contributed by atoms with E-state index in [4.69, 9.17) is 31.1 Å². The SMILES string of the molecule is CCCC(=O)OCN(C(=O)[C@@H](NC(=O)[C@H]1CCCCN1C)C(C)CC)[C@H](C[C@@H](OC(C)=O)c1nc(C(=O)N[C@@H](Cc2ccc(O)cc2)C[C@H](C)C(=O)NNC(=O)OCCSSC[C@@H](CC(=O)[C@@H](CC(=O)O)NC(=O)[C@H](CC(=O)O)CC(=O)[C@H](CCCNC(=N)N)NC(=O)[C@H](CC(=O)O)CC(=O)CC[C@H](NC(=O)c2ccc(NCc3cnc4nc(N)[nH]c(=O)c4n3)cc2)C(=O)O)C(=O)O)cs1)C(C)C. The number of phenolic OH excluding ortho intramolecular Hbond substituents is 1. The lowest BCUT2D eigenvalue weighted by atomic mass is 9.90. The molecule has 6 rings (SSSR count). The lowest BCUT2D eigenvalue weighted by Crippen LogP contribution is -2.59. The summed E-state index contributed by atoms with van der Waals surface area (Å²) in [5, 5.41) is 87.3. The van der Waals surface area contributed by atoms with Crippen LogP contribution >= 0.6 is 32.9 Å². The lowest BCUT2D eigenvalue weighted by Gasteiger charge is -2.39. The van der Waals surface area contributed by atoms with Gasteiger partial charge < -0.3 is 98.4 Å². The Morgan fingerprint density at radius 2 is 1.36 bits per heavy atom. The fourth-order valence-corrected chi connectivity index (χ4v) is 17.6. The average molecular weight is 1990 g/mol. The van der Waals surface area contributed by atoms with E-state index in [1.165, 1.54) is 66.7 Å². The number of benzene rings is 2. The molecule has 13 atom stereocenters. The summed E-state index contributed by atoms with van der Waals surface area (Å²) in [6.45, 7) is 11.7. The highest BCUT2D eigenvalue weighted by Gasteiger charge is 2.42. The molecule has 2 aromatic carbocycles. The average Bonchev–Trinajstić information content (AvgIpc) is 1.18. The summed E-state index contributed by atoms with van der Waals surface area (Å²) in [4.78, 5) is 275. The number of carbonyl (C=O) groups excluding carboxylic acids is 13. The number of likely N-dealkylation sites (N-methyl/N-ethyl adjacent to an activating group) is 1. The van der Waals surface area contributed by atoms with Crippen molar-refractivity contribution in [2.45, 2.75) is 225 Å². The number of H-pyrrole nitrogens is 1. The summed E-state index contributed by atoms with van der Waals surface area (Å²) in [5.74, 6) is -26.4. The first-order valence-electron chi connectivity index (χ1n) is 44.5. The van der Waals surface area contributed by atoms with E-state index in [0.717, 1.165) is 45.8 Å². The predicted octanol–water partition coefficient (Wildman–Crippen LogP) is 3.87. The van der Waals surface area contributed by atoms with Crippen LogP contribution in [0.1, 0.15) is 207 Å². The molecule has 47 nitrogen and oxygen atoms in total. The van der Waals surface area contributed by atoms with E-state index < -0.39 is 242 Å². The molecule has 3 aromatic heterocycles. The van der Waals surface area contributed by atoms with Crippen LogP contribution in [-0.4, -0.2) is 265 Å². The number of hydrogen-bond acceptors (Lipinski definition) is 34. The number of nitrogens with one attached hydrogen (secondary N) is 11. The Morgan fingerprint density at radius 3 is 1.97 bits per heavy atom. The number of aliphatic carboxylic acids is 5. The molecule has 1 aliphatic heterocycles. The molecule has 0 bridgehead atoms. The number of carboxylic acid groups (broad SMARTS) is 5. The number of carboxylic acids is 5. The molecule has 0 aliphatic carbocycles. The molecule has 1 saturated heterocycles. The molecule has 50 heteroatoms. The van der Waals surface area contributed by atoms with E-state index in [1.54, 1.807) is 19.1 Å². The molecule has 1 unspecified atom stereocenters. The number of esters is 2. The maximum Gasteiger partial charge on any atom is 0.426 e. The Balaban J connectivity index is 1.02. The summed E-state index contributed by atoms with van der Waals surface area (Å²) in [5.41, 5.74) is 16.0. The third kappa shape index (κ3) is 38.6. The van der Waals surface area contributed by atoms with Crippen molar-refractivity contribution in [1.29, 1.82) is 5.41 Å². The number of guanidine groups is 1. The predicted molar refractivity (Wildman–Crippen MR) is 500 cm³/mol. The van der Waals surface area contributed by atoms with Crippen LogP contribution in [0, 0.1) is 40.9 Å². The van der Waals surface area contributed by atoms with Gasteiger partial charge in [0.2, 0.25) is 35.5 Å². The fraction of sp³-hybridized carbons (Fsp3) is 0.545. The van der Waals surface area contributed by atoms with Gasteiger partial charge in [-0.2, -0.15) is 4.98 Å². The largest absolute Gasteiger partial charge is 0.508 e. The fourth-order valence-electron chi connectivity index (χ4n) is 14.6. The Bertz CT molecular complexity index is 5180. The number of hydrazine groups is 1. The molecule has 8 amide bonds. The second-order valence-electron chi connectivity index (χ2n) is 33.5. The van der Waals surface area contributed by atoms with E-state index >= 15 is 4.79 Å². The number of aromatic hydroxyl groups is 1. The van der Waals surface area contributed by atoms with Crippen molar-refractivity contribution in [2.24, 2.45) is 41.2 Å². The zero-order valence-corrected chi connectivity index (χ0v) is 79.9. The first kappa shape index (κ1) is 113. The van der Waals surface area contributed by atoms with E-state index in [9.17, 15) is 117 Å². The number of nitrogens with zero attached hydrogens (tertiary/aromatic N) is 6. The smallest absolute Gasteiger partial charge is 0.426 e. The van der Waals surface area contributed by atoms with E-state index in [-0.39, 0.29) is 127 Å². The Labute approximate surface area is 804 Å². The number of anilines is 2. The maximum absolute atomic E-state index is 15.1. The van der Waals surface area contributed by atoms with Gasteiger partial charge in [-0.1, -0.05) is 88.1 Å². The number of amides is 8. The monoisotopic (exact) mass is 1990 g/mol. The molecule has 0 radical (unpaired) electrons. The van der Waals surface area contributed by atoms with Crippen LogP contribution in [0.3, 0.4) is 0 Å². The molecule has 21 N–H and O–H groups in total. The van der Waals surface area contributed by atoms with Gasteiger partial charge in [-0.05, 0) is 119 Å². The quantitative estimate of drug-likeness (QED) is 0.00384. The maximum atomic E-state index is 15.1. The van der Waals surface area contributed by atoms with E-state index in [2.05, 4.69) is 73.0 Å². The third-order valence-electron chi connectivity index (χ3n) is 22.3. The van der Waals surface area contributed by atoms with Gasteiger partial charge in [-0.3, -0.25) is 102 Å². The van der Waals surface area contributed by atoms with Crippen LogP contribution in [0.25, 0.3) is 11.2 Å². The minimum Gasteiger partial charge on any atom is -0.508 e. The van der Waals surface area contributed by atoms with Crippen molar-refractivity contribution in [3.05, 3.63) is 98.0 Å². The summed E-state index contributed by atoms with van der Waals surface area (Å²) in [7, 11) is 3.69. The molecule has 1 fully saturated rings. The second-order valence-corrected chi connectivity index (χ2v) is 37.1. The number of hydrogen-bond donors (Lipinski definition) is 19. The molecule has 4 heterocycles. The van der Waals surface area contributed by atoms with Crippen molar-refractivity contribution in [3.8, 4) is 5.75 Å². The van der Waals surface area contributed by atoms with Gasteiger partial charge in [0.15, 0.2) is 41.5 Å². The number of aromatic nitrogens is 5. The molecule has 0 saturated carbocycles. The van der Waals surface area contributed by atoms with E-state index in [0.29, 0.717) is 42.8 Å². The number of piperidine rings is 1. The molecule has 0 spiro atoms. The zero-order chi connectivity index (χ0) is 102. The van der Waals surface area contributed by atoms with Gasteiger partial charge in [0.05, 0.1) is 73.6 Å². The molecule has 754 valence electrons. The number of carbonyl (C=O) groups is 18. The number of thiazole rings is 1. The van der Waals surface area contributed by atoms with Gasteiger partial charge in [0, 0.05) is 98.1 Å². The Kier molecular flexibility index (Phi) is 46.7. The Morgan fingerprint density at radius 1 is 0.703 bits per heavy atom. The van der Waals surface area contributed by atoms with Crippen molar-refractivity contribution in [1.82, 2.24) is 77.5 Å². The highest BCUT2D eigenvalue weighted by atomic mass is 33.1. The van der Waals surface area contributed by atoms with Crippen molar-refractivity contribution in [2.75, 3.05) is 56.0 Å². The van der Waals surface area contributed by atoms with Crippen molar-refractivity contribution in [3.63, 3.8) is 0 Å². The van der Waals surface area contributed by atoms with Crippen LogP contribution in [0.2, 0.25) is 0 Å². The minimum atomic E-state index is -2.03. The first-order valence-corrected chi connectivity index (χ1v) is 47.9. The molecule has 138 heavy (non-hydrogen) atoms. The molecule has 1 aliphatic rings. The second kappa shape index (κ2) is 56.9. The van der Waals surface area contributed by atoms with Gasteiger partial charge in [0.1, 0.15) is 40.9 Å². The lowest BCUT2D eigenvalue weighted by molar-refractivity contribution is -0.161. The number of nitrogens with two attached hydrogens (primary N) is 2. The normalized spacial score (nSPS) is 15.1. The minimum absolute atomic E-state index is 0.0148. The third-order valence-corrected chi connectivity index (χ3v) is 25.7. The van der Waals surface area contributed by atoms with Crippen LogP contribution < -0.4 is 65.1 Å². The van der Waals surface area contributed by atoms with Crippen LogP contribution in [0.5, 0.6) is 5.75 Å². The van der Waals surface area contributed by atoms with Gasteiger partial charge >= 0.3 is 47.9 Å². The number of ketones is 3. The summed E-state index contributed by atoms with van der Waals surface area (Å²) in [6.07, 6.45) is -5.52. The number of aromatic amines is 1. The van der Waals surface area contributed by atoms with Crippen molar-refractivity contribution >= 4 is 168 Å². The number of rotatable bonds is 60. The van der Waals surface area contributed by atoms with E-state index in [1.807, 2.05) is 39.6 Å². The number of ether oxygens (including phenoxy) is 3. The molecular formula is C88H121N19O28S3. The number of nitrogen functional groups attached to an aromatic ring is 1. The zero-order valence-electron chi connectivity index (χ0n) is 77.5. The summed E-state index contributed by atoms with van der Waals surface area (Å²) in [6, 6.07) is 3.10. The Hall–Kier alpha value is -13.5. The number of likely N-dealkylation sites (tertiary alicyclic amines) is 1. The number of phenols is 1. The van der Waals surface area contributed by atoms with Gasteiger partial charge in [-0.25, -0.2) is 30.0 Å².